The number of aliphatic hydroxyl groups excluding tert-OH is 6. The van der Waals surface area contributed by atoms with Gasteiger partial charge in [0.1, 0.15) is 59.1 Å². The molecular formula is C27H30O16. The largest absolute Gasteiger partial charge is 0.508 e. The van der Waals surface area contributed by atoms with Crippen molar-refractivity contribution in [3.05, 3.63) is 40.6 Å². The van der Waals surface area contributed by atoms with Crippen LogP contribution < -0.4 is 10.2 Å². The van der Waals surface area contributed by atoms with Crippen molar-refractivity contribution in [1.82, 2.24) is 0 Å². The molecule has 43 heavy (non-hydrogen) atoms. The molecule has 2 aliphatic rings. The van der Waals surface area contributed by atoms with Gasteiger partial charge in [0.05, 0.1) is 12.7 Å². The van der Waals surface area contributed by atoms with Crippen LogP contribution in [0.4, 0.5) is 0 Å². The molecule has 0 aliphatic carbocycles. The van der Waals surface area contributed by atoms with Gasteiger partial charge in [0, 0.05) is 17.7 Å². The van der Waals surface area contributed by atoms with Gasteiger partial charge in [0.25, 0.3) is 0 Å². The monoisotopic (exact) mass is 610 g/mol. The zero-order valence-corrected chi connectivity index (χ0v) is 22.3. The summed E-state index contributed by atoms with van der Waals surface area (Å²) < 4.78 is 28.3. The van der Waals surface area contributed by atoms with Crippen molar-refractivity contribution >= 4 is 11.0 Å². The predicted molar refractivity (Wildman–Crippen MR) is 140 cm³/mol. The number of hydrogen-bond donors (Lipinski definition) is 10. The third kappa shape index (κ3) is 5.55. The second-order valence-corrected chi connectivity index (χ2v) is 10.2. The van der Waals surface area contributed by atoms with Crippen molar-refractivity contribution in [2.45, 2.75) is 68.3 Å². The smallest absolute Gasteiger partial charge is 0.239 e. The van der Waals surface area contributed by atoms with Crippen molar-refractivity contribution in [1.29, 1.82) is 0 Å². The minimum atomic E-state index is -1.91. The minimum absolute atomic E-state index is 0.0447. The van der Waals surface area contributed by atoms with Crippen LogP contribution in [0, 0.1) is 0 Å². The Labute approximate surface area is 241 Å². The van der Waals surface area contributed by atoms with Crippen molar-refractivity contribution in [2.75, 3.05) is 6.61 Å². The number of fused-ring (bicyclic) bond motifs is 1. The maximum absolute atomic E-state index is 13.7. The SMILES string of the molecule is C[C@@H]1O[C@H](O[C@@H]2[C@@H](Oc3c(-c4ccc(O)c(O)c4)oc4cc(O)cc(O)c4c3=O)O[C@H](CO)[C@@H](O)[C@H]2O)[C@@H](O)[C@@H](O)[C@@H]1O. The van der Waals surface area contributed by atoms with Crippen LogP contribution in [0.15, 0.2) is 39.5 Å². The lowest BCUT2D eigenvalue weighted by Gasteiger charge is -2.45. The van der Waals surface area contributed by atoms with Gasteiger partial charge >= 0.3 is 0 Å². The first-order chi connectivity index (χ1) is 20.3. The molecule has 16 heteroatoms. The third-order valence-corrected chi connectivity index (χ3v) is 7.31. The van der Waals surface area contributed by atoms with E-state index >= 15 is 0 Å². The number of phenols is 4. The molecule has 2 aliphatic heterocycles. The van der Waals surface area contributed by atoms with E-state index in [1.807, 2.05) is 0 Å². The highest BCUT2D eigenvalue weighted by Gasteiger charge is 2.51. The molecule has 2 saturated heterocycles. The zero-order valence-electron chi connectivity index (χ0n) is 22.3. The first-order valence-corrected chi connectivity index (χ1v) is 13.0. The molecule has 10 N–H and O–H groups in total. The van der Waals surface area contributed by atoms with Crippen LogP contribution >= 0.6 is 0 Å². The molecule has 3 heterocycles. The van der Waals surface area contributed by atoms with E-state index in [-0.39, 0.29) is 11.1 Å². The summed E-state index contributed by atoms with van der Waals surface area (Å²) in [5, 5.41) is 102. The Morgan fingerprint density at radius 2 is 1.51 bits per heavy atom. The molecule has 16 nitrogen and oxygen atoms in total. The van der Waals surface area contributed by atoms with Gasteiger partial charge in [-0.1, -0.05) is 0 Å². The van der Waals surface area contributed by atoms with Gasteiger partial charge in [-0.25, -0.2) is 0 Å². The lowest BCUT2D eigenvalue weighted by atomic mass is 9.97. The molecule has 5 rings (SSSR count). The second-order valence-electron chi connectivity index (χ2n) is 10.2. The van der Waals surface area contributed by atoms with Gasteiger partial charge in [-0.3, -0.25) is 4.79 Å². The summed E-state index contributed by atoms with van der Waals surface area (Å²) >= 11 is 0. The molecule has 0 saturated carbocycles. The Hall–Kier alpha value is -3.71. The summed E-state index contributed by atoms with van der Waals surface area (Å²) in [5.41, 5.74) is -1.39. The Morgan fingerprint density at radius 1 is 0.791 bits per heavy atom. The second kappa shape index (κ2) is 11.8. The van der Waals surface area contributed by atoms with Gasteiger partial charge in [-0.15, -0.1) is 0 Å². The number of phenolic OH excluding ortho intramolecular Hbond substituents is 4. The van der Waals surface area contributed by atoms with Crippen LogP contribution in [0.3, 0.4) is 0 Å². The van der Waals surface area contributed by atoms with Crippen molar-refractivity contribution in [3.8, 4) is 40.1 Å². The first kappa shape index (κ1) is 30.7. The number of aliphatic hydroxyl groups is 6. The quantitative estimate of drug-likeness (QED) is 0.140. The highest BCUT2D eigenvalue weighted by molar-refractivity contribution is 5.88. The number of aromatic hydroxyl groups is 4. The van der Waals surface area contributed by atoms with E-state index < -0.39 is 113 Å². The maximum atomic E-state index is 13.7. The number of hydrogen-bond acceptors (Lipinski definition) is 16. The molecule has 2 fully saturated rings. The number of benzene rings is 2. The molecule has 234 valence electrons. The number of rotatable bonds is 6. The van der Waals surface area contributed by atoms with E-state index in [1.165, 1.54) is 13.0 Å². The van der Waals surface area contributed by atoms with Crippen LogP contribution in [-0.4, -0.2) is 119 Å². The van der Waals surface area contributed by atoms with Crippen molar-refractivity contribution in [3.63, 3.8) is 0 Å². The summed E-state index contributed by atoms with van der Waals surface area (Å²) in [6, 6.07) is 5.21. The van der Waals surface area contributed by atoms with Gasteiger partial charge in [0.15, 0.2) is 29.7 Å². The van der Waals surface area contributed by atoms with Gasteiger partial charge in [0.2, 0.25) is 17.5 Å². The third-order valence-electron chi connectivity index (χ3n) is 7.31. The highest BCUT2D eigenvalue weighted by atomic mass is 16.8. The van der Waals surface area contributed by atoms with Gasteiger partial charge < -0.3 is 74.4 Å². The standard InChI is InChI=1S/C27H30O16/c1-8-17(33)20(36)22(38)26(39-8)43-25-21(37)18(34)15(7-28)41-27(25)42-24-19(35)16-13(32)5-10(29)6-14(16)40-23(24)9-2-3-11(30)12(31)4-9/h2-6,8,15,17-18,20-22,25-34,36-38H,7H2,1H3/t8-,15+,17+,18+,20-,21+,22-,25-,26+,27+/m0/s1. The summed E-state index contributed by atoms with van der Waals surface area (Å²) in [7, 11) is 0. The van der Waals surface area contributed by atoms with E-state index in [9.17, 15) is 55.9 Å². The van der Waals surface area contributed by atoms with Crippen LogP contribution in [0.2, 0.25) is 0 Å². The Morgan fingerprint density at radius 3 is 2.19 bits per heavy atom. The van der Waals surface area contributed by atoms with Gasteiger partial charge in [-0.2, -0.15) is 0 Å². The van der Waals surface area contributed by atoms with Crippen molar-refractivity contribution < 1.29 is 74.4 Å². The molecule has 0 amide bonds. The van der Waals surface area contributed by atoms with E-state index in [2.05, 4.69) is 0 Å². The molecule has 0 bridgehead atoms. The van der Waals surface area contributed by atoms with Gasteiger partial charge in [-0.05, 0) is 25.1 Å². The van der Waals surface area contributed by atoms with Crippen LogP contribution in [0.25, 0.3) is 22.3 Å². The summed E-state index contributed by atoms with van der Waals surface area (Å²) in [6.45, 7) is 0.541. The van der Waals surface area contributed by atoms with Crippen LogP contribution in [0.5, 0.6) is 28.7 Å². The molecule has 1 aromatic heterocycles. The molecule has 3 aromatic rings. The van der Waals surface area contributed by atoms with E-state index in [4.69, 9.17) is 23.4 Å². The lowest BCUT2D eigenvalue weighted by molar-refractivity contribution is -0.354. The topological polar surface area (TPSA) is 269 Å². The average molecular weight is 611 g/mol. The molecule has 0 radical (unpaired) electrons. The highest BCUT2D eigenvalue weighted by Crippen LogP contribution is 2.40. The van der Waals surface area contributed by atoms with E-state index in [1.54, 1.807) is 0 Å². The molecule has 0 unspecified atom stereocenters. The molecule has 2 aromatic carbocycles. The van der Waals surface area contributed by atoms with Crippen LogP contribution in [0.1, 0.15) is 6.92 Å². The Balaban J connectivity index is 1.62. The molecule has 0 spiro atoms. The minimum Gasteiger partial charge on any atom is -0.508 e. The maximum Gasteiger partial charge on any atom is 0.239 e. The summed E-state index contributed by atoms with van der Waals surface area (Å²) in [4.78, 5) is 13.7. The zero-order chi connectivity index (χ0) is 31.3. The Bertz CT molecular complexity index is 1540. The molecule has 10 atom stereocenters. The normalized spacial score (nSPS) is 33.0. The fourth-order valence-corrected chi connectivity index (χ4v) is 4.92. The van der Waals surface area contributed by atoms with E-state index in [0.717, 1.165) is 24.3 Å². The summed E-state index contributed by atoms with van der Waals surface area (Å²) in [5.74, 6) is -3.40. The van der Waals surface area contributed by atoms with Crippen molar-refractivity contribution in [2.24, 2.45) is 0 Å². The lowest BCUT2D eigenvalue weighted by Crippen LogP contribution is -2.64. The van der Waals surface area contributed by atoms with E-state index in [0.29, 0.717) is 0 Å². The number of ether oxygens (including phenoxy) is 4. The average Bonchev–Trinajstić information content (AvgIpc) is 2.96. The molecular weight excluding hydrogens is 580 g/mol. The first-order valence-electron chi connectivity index (χ1n) is 13.0. The van der Waals surface area contributed by atoms with Crippen LogP contribution in [-0.2, 0) is 14.2 Å². The summed E-state index contributed by atoms with van der Waals surface area (Å²) in [6.07, 6.45) is -16.7. The predicted octanol–water partition coefficient (Wildman–Crippen LogP) is -1.69. The fourth-order valence-electron chi connectivity index (χ4n) is 4.92. The fraction of sp³-hybridized carbons (Fsp3) is 0.444. The Kier molecular flexibility index (Phi) is 8.41.